The maximum absolute atomic E-state index is 14.0. The third kappa shape index (κ3) is 5.28. The number of amides is 2. The number of hydrogen-bond acceptors (Lipinski definition) is 6. The highest BCUT2D eigenvalue weighted by Crippen LogP contribution is 2.42. The fraction of sp³-hybridized carbons (Fsp3) is 0.265. The van der Waals surface area contributed by atoms with E-state index < -0.39 is 18.0 Å². The molecule has 2 fully saturated rings. The lowest BCUT2D eigenvalue weighted by atomic mass is 9.86. The van der Waals surface area contributed by atoms with Crippen molar-refractivity contribution >= 4 is 34.3 Å². The van der Waals surface area contributed by atoms with Gasteiger partial charge in [0.1, 0.15) is 11.8 Å². The highest BCUT2D eigenvalue weighted by atomic mass is 16.3. The number of nitrogens with zero attached hydrogens (tertiary/aromatic N) is 2. The molecule has 1 saturated carbocycles. The molecular weight excluding hydrogens is 530 g/mol. The van der Waals surface area contributed by atoms with Crippen LogP contribution in [0, 0.1) is 18.8 Å². The number of fused-ring (bicyclic) bond motifs is 2. The van der Waals surface area contributed by atoms with Crippen molar-refractivity contribution < 1.29 is 24.3 Å². The number of benzene rings is 3. The van der Waals surface area contributed by atoms with Crippen LogP contribution in [0.1, 0.15) is 44.7 Å². The zero-order chi connectivity index (χ0) is 29.4. The second-order valence-corrected chi connectivity index (χ2v) is 11.2. The van der Waals surface area contributed by atoms with E-state index in [1.807, 2.05) is 37.3 Å². The molecule has 1 aromatic heterocycles. The number of aromatic nitrogens is 1. The van der Waals surface area contributed by atoms with Crippen LogP contribution in [-0.2, 0) is 16.0 Å². The number of nitrogens with one attached hydrogen (secondary N) is 1. The normalized spacial score (nSPS) is 20.4. The number of aromatic hydroxyl groups is 1. The van der Waals surface area contributed by atoms with Gasteiger partial charge in [-0.1, -0.05) is 35.9 Å². The first kappa shape index (κ1) is 27.3. The highest BCUT2D eigenvalue weighted by molar-refractivity contribution is 6.06. The largest absolute Gasteiger partial charge is 0.508 e. The Bertz CT molecular complexity index is 1700. The van der Waals surface area contributed by atoms with E-state index in [-0.39, 0.29) is 47.9 Å². The van der Waals surface area contributed by atoms with E-state index in [4.69, 9.17) is 0 Å². The summed E-state index contributed by atoms with van der Waals surface area (Å²) < 4.78 is 0. The molecule has 4 atom stereocenters. The van der Waals surface area contributed by atoms with Gasteiger partial charge in [0.2, 0.25) is 5.91 Å². The molecule has 42 heavy (non-hydrogen) atoms. The van der Waals surface area contributed by atoms with E-state index in [1.54, 1.807) is 47.5 Å². The van der Waals surface area contributed by atoms with Crippen molar-refractivity contribution in [2.24, 2.45) is 11.8 Å². The van der Waals surface area contributed by atoms with Gasteiger partial charge in [-0.25, -0.2) is 0 Å². The Morgan fingerprint density at radius 2 is 1.81 bits per heavy atom. The number of ketones is 2. The lowest BCUT2D eigenvalue weighted by Gasteiger charge is -2.28. The van der Waals surface area contributed by atoms with E-state index in [1.165, 1.54) is 12.1 Å². The molecule has 1 saturated heterocycles. The summed E-state index contributed by atoms with van der Waals surface area (Å²) >= 11 is 0. The van der Waals surface area contributed by atoms with Gasteiger partial charge in [-0.15, -0.1) is 0 Å². The first-order valence-electron chi connectivity index (χ1n) is 14.2. The topological polar surface area (TPSA) is 117 Å². The number of carbonyl (C=O) groups is 4. The Hall–Kier alpha value is -4.85. The molecular formula is C34H31N3O5. The summed E-state index contributed by atoms with van der Waals surface area (Å²) in [5.41, 5.74) is 3.43. The summed E-state index contributed by atoms with van der Waals surface area (Å²) in [6.07, 6.45) is 2.51. The summed E-state index contributed by atoms with van der Waals surface area (Å²) in [6, 6.07) is 21.0. The van der Waals surface area contributed by atoms with Gasteiger partial charge in [-0.05, 0) is 73.4 Å². The van der Waals surface area contributed by atoms with Crippen molar-refractivity contribution in [2.75, 3.05) is 6.54 Å². The third-order valence-electron chi connectivity index (χ3n) is 8.48. The summed E-state index contributed by atoms with van der Waals surface area (Å²) in [5.74, 6) is -1.64. The molecule has 2 amide bonds. The van der Waals surface area contributed by atoms with Crippen LogP contribution in [0.15, 0.2) is 85.1 Å². The number of phenols is 1. The minimum atomic E-state index is -0.933. The summed E-state index contributed by atoms with van der Waals surface area (Å²) in [4.78, 5) is 60.1. The quantitative estimate of drug-likeness (QED) is 0.326. The smallest absolute Gasteiger partial charge is 0.251 e. The fourth-order valence-electron chi connectivity index (χ4n) is 6.41. The number of hydrogen-bond donors (Lipinski definition) is 2. The summed E-state index contributed by atoms with van der Waals surface area (Å²) in [6.45, 7) is 2.22. The van der Waals surface area contributed by atoms with Gasteiger partial charge in [0.15, 0.2) is 11.6 Å². The molecule has 8 nitrogen and oxygen atoms in total. The molecule has 8 heteroatoms. The van der Waals surface area contributed by atoms with E-state index >= 15 is 0 Å². The van der Waals surface area contributed by atoms with Crippen molar-refractivity contribution in [2.45, 2.75) is 38.3 Å². The number of rotatable bonds is 7. The molecule has 212 valence electrons. The Balaban J connectivity index is 1.24. The third-order valence-corrected chi connectivity index (χ3v) is 8.48. The second-order valence-electron chi connectivity index (χ2n) is 11.2. The number of phenolic OH excluding ortho intramolecular Hbond substituents is 1. The van der Waals surface area contributed by atoms with Gasteiger partial charge in [-0.3, -0.25) is 24.2 Å². The molecule has 2 aliphatic rings. The standard InChI is InChI=1S/C34H31N3O5/c1-20-4-2-5-24(16-20)33(41)36-29(17-21-7-10-25(38)11-8-21)34(42)37-15-13-26-27(19-30(39)31(26)37)32(40)23-9-12-28-22(18-23)6-3-14-35-28/h2-12,14,16,18,26-27,29,31,38H,13,15,17,19H2,1H3,(H,36,41)/t26-,27?,29?,31-/m0/s1. The van der Waals surface area contributed by atoms with Crippen molar-refractivity contribution in [3.8, 4) is 5.75 Å². The molecule has 2 N–H and O–H groups in total. The van der Waals surface area contributed by atoms with Crippen molar-refractivity contribution in [3.63, 3.8) is 0 Å². The van der Waals surface area contributed by atoms with Crippen LogP contribution < -0.4 is 5.32 Å². The first-order valence-corrected chi connectivity index (χ1v) is 14.2. The number of Topliss-reactive ketones (excluding diaryl/α,β-unsaturated/α-hetero) is 2. The molecule has 2 heterocycles. The average molecular weight is 562 g/mol. The predicted molar refractivity (Wildman–Crippen MR) is 157 cm³/mol. The number of aryl methyl sites for hydroxylation is 1. The molecule has 4 aromatic rings. The van der Waals surface area contributed by atoms with Crippen LogP contribution >= 0.6 is 0 Å². The van der Waals surface area contributed by atoms with E-state index in [9.17, 15) is 24.3 Å². The van der Waals surface area contributed by atoms with Crippen LogP contribution in [-0.4, -0.2) is 57.0 Å². The maximum Gasteiger partial charge on any atom is 0.251 e. The minimum absolute atomic E-state index is 0.0846. The van der Waals surface area contributed by atoms with Crippen LogP contribution in [0.3, 0.4) is 0 Å². The lowest BCUT2D eigenvalue weighted by Crippen LogP contribution is -2.52. The summed E-state index contributed by atoms with van der Waals surface area (Å²) in [7, 11) is 0. The monoisotopic (exact) mass is 561 g/mol. The van der Waals surface area contributed by atoms with Gasteiger partial charge in [-0.2, -0.15) is 0 Å². The maximum atomic E-state index is 14.0. The molecule has 6 rings (SSSR count). The fourth-order valence-corrected chi connectivity index (χ4v) is 6.41. The number of carbonyl (C=O) groups excluding carboxylic acids is 4. The molecule has 0 spiro atoms. The van der Waals surface area contributed by atoms with Gasteiger partial charge in [0.25, 0.3) is 5.91 Å². The SMILES string of the molecule is Cc1cccc(C(=O)NC(Cc2ccc(O)cc2)C(=O)N2CC[C@H]3C(C(=O)c4ccc5ncccc5c4)CC(=O)[C@H]32)c1. The number of likely N-dealkylation sites (tertiary alicyclic amines) is 1. The number of pyridine rings is 1. The van der Waals surface area contributed by atoms with Gasteiger partial charge in [0, 0.05) is 48.0 Å². The van der Waals surface area contributed by atoms with Crippen molar-refractivity contribution in [1.29, 1.82) is 0 Å². The van der Waals surface area contributed by atoms with Gasteiger partial charge in [0.05, 0.1) is 11.6 Å². The van der Waals surface area contributed by atoms with Crippen LogP contribution in [0.5, 0.6) is 5.75 Å². The van der Waals surface area contributed by atoms with E-state index in [2.05, 4.69) is 10.3 Å². The molecule has 0 radical (unpaired) electrons. The first-order chi connectivity index (χ1) is 20.3. The summed E-state index contributed by atoms with van der Waals surface area (Å²) in [5, 5.41) is 13.5. The Morgan fingerprint density at radius 3 is 2.60 bits per heavy atom. The molecule has 2 unspecified atom stereocenters. The van der Waals surface area contributed by atoms with Crippen molar-refractivity contribution in [3.05, 3.63) is 107 Å². The zero-order valence-electron chi connectivity index (χ0n) is 23.2. The predicted octanol–water partition coefficient (Wildman–Crippen LogP) is 4.28. The van der Waals surface area contributed by atoms with Gasteiger partial charge < -0.3 is 15.3 Å². The van der Waals surface area contributed by atoms with Crippen LogP contribution in [0.25, 0.3) is 10.9 Å². The van der Waals surface area contributed by atoms with E-state index in [0.717, 1.165) is 22.0 Å². The molecule has 3 aromatic carbocycles. The highest BCUT2D eigenvalue weighted by Gasteiger charge is 2.53. The molecule has 0 bridgehead atoms. The van der Waals surface area contributed by atoms with E-state index in [0.29, 0.717) is 24.1 Å². The second kappa shape index (κ2) is 11.2. The van der Waals surface area contributed by atoms with Gasteiger partial charge >= 0.3 is 0 Å². The Labute approximate surface area is 243 Å². The molecule has 1 aliphatic heterocycles. The van der Waals surface area contributed by atoms with Crippen LogP contribution in [0.4, 0.5) is 0 Å². The van der Waals surface area contributed by atoms with Crippen LogP contribution in [0.2, 0.25) is 0 Å². The van der Waals surface area contributed by atoms with Crippen molar-refractivity contribution in [1.82, 2.24) is 15.2 Å². The average Bonchev–Trinajstić information content (AvgIpc) is 3.58. The lowest BCUT2D eigenvalue weighted by molar-refractivity contribution is -0.138. The zero-order valence-corrected chi connectivity index (χ0v) is 23.2. The minimum Gasteiger partial charge on any atom is -0.508 e. The molecule has 1 aliphatic carbocycles. The Kier molecular flexibility index (Phi) is 7.29. The Morgan fingerprint density at radius 1 is 1.00 bits per heavy atom.